The number of rotatable bonds is 4. The summed E-state index contributed by atoms with van der Waals surface area (Å²) in [5.41, 5.74) is 1.07. The molecule has 1 aliphatic carbocycles. The minimum Gasteiger partial charge on any atom is -0.381 e. The van der Waals surface area contributed by atoms with Crippen LogP contribution in [0.5, 0.6) is 0 Å². The first-order valence-electron chi connectivity index (χ1n) is 7.30. The summed E-state index contributed by atoms with van der Waals surface area (Å²) in [6.45, 7) is 2.27. The molecule has 0 bridgehead atoms. The standard InChI is InChI=1S/C15H21BrN2O2/c1-2-11-4-3-5-12(7-6-11)17-15-9-8-13(18(19)20)10-14(15)16/h8-12,17H,2-7H2,1H3. The molecule has 1 N–H and O–H groups in total. The van der Waals surface area contributed by atoms with Gasteiger partial charge in [-0.05, 0) is 47.2 Å². The number of nitro benzene ring substituents is 1. The van der Waals surface area contributed by atoms with Gasteiger partial charge in [-0.3, -0.25) is 10.1 Å². The Labute approximate surface area is 128 Å². The van der Waals surface area contributed by atoms with Crippen LogP contribution >= 0.6 is 15.9 Å². The summed E-state index contributed by atoms with van der Waals surface area (Å²) in [7, 11) is 0. The zero-order valence-corrected chi connectivity index (χ0v) is 13.4. The summed E-state index contributed by atoms with van der Waals surface area (Å²) in [4.78, 5) is 10.4. The Morgan fingerprint density at radius 2 is 2.15 bits per heavy atom. The number of hydrogen-bond acceptors (Lipinski definition) is 3. The summed E-state index contributed by atoms with van der Waals surface area (Å²) in [5, 5.41) is 14.3. The van der Waals surface area contributed by atoms with Crippen molar-refractivity contribution in [1.82, 2.24) is 0 Å². The highest BCUT2D eigenvalue weighted by Crippen LogP contribution is 2.31. The minimum atomic E-state index is -0.369. The van der Waals surface area contributed by atoms with E-state index in [-0.39, 0.29) is 10.6 Å². The van der Waals surface area contributed by atoms with Crippen LogP contribution in [-0.2, 0) is 0 Å². The summed E-state index contributed by atoms with van der Waals surface area (Å²) in [6.07, 6.45) is 7.51. The van der Waals surface area contributed by atoms with Crippen LogP contribution in [0.2, 0.25) is 0 Å². The number of nitrogens with zero attached hydrogens (tertiary/aromatic N) is 1. The van der Waals surface area contributed by atoms with Crippen LogP contribution in [0, 0.1) is 16.0 Å². The molecule has 2 unspecified atom stereocenters. The van der Waals surface area contributed by atoms with Crippen molar-refractivity contribution in [2.75, 3.05) is 5.32 Å². The molecule has 0 radical (unpaired) electrons. The number of anilines is 1. The third kappa shape index (κ3) is 3.95. The van der Waals surface area contributed by atoms with E-state index in [9.17, 15) is 10.1 Å². The summed E-state index contributed by atoms with van der Waals surface area (Å²) >= 11 is 3.42. The maximum atomic E-state index is 10.7. The molecule has 0 heterocycles. The van der Waals surface area contributed by atoms with Gasteiger partial charge in [0.25, 0.3) is 5.69 Å². The van der Waals surface area contributed by atoms with Crippen molar-refractivity contribution in [1.29, 1.82) is 0 Å². The molecule has 0 aromatic heterocycles. The van der Waals surface area contributed by atoms with Gasteiger partial charge in [0.1, 0.15) is 0 Å². The molecule has 4 nitrogen and oxygen atoms in total. The molecule has 1 fully saturated rings. The van der Waals surface area contributed by atoms with Gasteiger partial charge in [-0.2, -0.15) is 0 Å². The van der Waals surface area contributed by atoms with Crippen LogP contribution in [0.25, 0.3) is 0 Å². The van der Waals surface area contributed by atoms with Gasteiger partial charge in [-0.15, -0.1) is 0 Å². The first-order chi connectivity index (χ1) is 9.60. The topological polar surface area (TPSA) is 55.2 Å². The highest BCUT2D eigenvalue weighted by Gasteiger charge is 2.18. The molecule has 110 valence electrons. The second kappa shape index (κ2) is 7.07. The number of halogens is 1. The zero-order valence-electron chi connectivity index (χ0n) is 11.8. The lowest BCUT2D eigenvalue weighted by Crippen LogP contribution is -2.18. The summed E-state index contributed by atoms with van der Waals surface area (Å²) in [6, 6.07) is 5.39. The molecule has 2 atom stereocenters. The lowest BCUT2D eigenvalue weighted by molar-refractivity contribution is -0.384. The van der Waals surface area contributed by atoms with Crippen molar-refractivity contribution in [2.45, 2.75) is 51.5 Å². The third-order valence-electron chi connectivity index (χ3n) is 4.19. The molecule has 1 saturated carbocycles. The molecule has 1 aliphatic rings. The Balaban J connectivity index is 2.01. The van der Waals surface area contributed by atoms with Crippen LogP contribution in [0.3, 0.4) is 0 Å². The minimum absolute atomic E-state index is 0.120. The van der Waals surface area contributed by atoms with Crippen molar-refractivity contribution in [3.8, 4) is 0 Å². The molecule has 5 heteroatoms. The molecule has 0 spiro atoms. The lowest BCUT2D eigenvalue weighted by Gasteiger charge is -2.19. The fourth-order valence-electron chi connectivity index (χ4n) is 2.89. The highest BCUT2D eigenvalue weighted by atomic mass is 79.9. The van der Waals surface area contributed by atoms with Crippen LogP contribution < -0.4 is 5.32 Å². The fraction of sp³-hybridized carbons (Fsp3) is 0.600. The van der Waals surface area contributed by atoms with Crippen molar-refractivity contribution in [2.24, 2.45) is 5.92 Å². The van der Waals surface area contributed by atoms with E-state index in [1.165, 1.54) is 38.5 Å². The summed E-state index contributed by atoms with van der Waals surface area (Å²) in [5.74, 6) is 0.863. The van der Waals surface area contributed by atoms with Crippen LogP contribution in [0.1, 0.15) is 45.4 Å². The molecule has 1 aromatic rings. The molecule has 1 aromatic carbocycles. The van der Waals surface area contributed by atoms with Crippen molar-refractivity contribution in [3.05, 3.63) is 32.8 Å². The number of hydrogen-bond donors (Lipinski definition) is 1. The van der Waals surface area contributed by atoms with Gasteiger partial charge in [0.15, 0.2) is 0 Å². The van der Waals surface area contributed by atoms with Gasteiger partial charge in [0, 0.05) is 28.3 Å². The number of benzene rings is 1. The van der Waals surface area contributed by atoms with Crippen molar-refractivity contribution in [3.63, 3.8) is 0 Å². The lowest BCUT2D eigenvalue weighted by atomic mass is 9.98. The zero-order chi connectivity index (χ0) is 14.5. The Kier molecular flexibility index (Phi) is 5.40. The number of nitrogens with one attached hydrogen (secondary N) is 1. The highest BCUT2D eigenvalue weighted by molar-refractivity contribution is 9.10. The van der Waals surface area contributed by atoms with Crippen LogP contribution in [-0.4, -0.2) is 11.0 Å². The van der Waals surface area contributed by atoms with Crippen LogP contribution in [0.15, 0.2) is 22.7 Å². The third-order valence-corrected chi connectivity index (χ3v) is 4.84. The van der Waals surface area contributed by atoms with Gasteiger partial charge in [0.05, 0.1) is 4.92 Å². The molecule has 0 saturated heterocycles. The first-order valence-corrected chi connectivity index (χ1v) is 8.10. The van der Waals surface area contributed by atoms with Gasteiger partial charge in [-0.25, -0.2) is 0 Å². The van der Waals surface area contributed by atoms with E-state index in [0.717, 1.165) is 16.1 Å². The molecular formula is C15H21BrN2O2. The SMILES string of the molecule is CCC1CCCC(Nc2ccc([N+](=O)[O-])cc2Br)CC1. The fourth-order valence-corrected chi connectivity index (χ4v) is 3.37. The Hall–Kier alpha value is -1.10. The van der Waals surface area contributed by atoms with E-state index in [1.54, 1.807) is 18.2 Å². The Morgan fingerprint density at radius 1 is 1.35 bits per heavy atom. The molecule has 2 rings (SSSR count). The predicted molar refractivity (Wildman–Crippen MR) is 85.1 cm³/mol. The molecular weight excluding hydrogens is 320 g/mol. The monoisotopic (exact) mass is 340 g/mol. The van der Waals surface area contributed by atoms with Crippen molar-refractivity contribution >= 4 is 27.3 Å². The average Bonchev–Trinajstić information content (AvgIpc) is 2.66. The second-order valence-corrected chi connectivity index (χ2v) is 6.40. The maximum Gasteiger partial charge on any atom is 0.270 e. The van der Waals surface area contributed by atoms with E-state index in [2.05, 4.69) is 28.2 Å². The Bertz CT molecular complexity index is 479. The molecule has 0 aliphatic heterocycles. The first kappa shape index (κ1) is 15.3. The van der Waals surface area contributed by atoms with Gasteiger partial charge >= 0.3 is 0 Å². The van der Waals surface area contributed by atoms with Crippen LogP contribution in [0.4, 0.5) is 11.4 Å². The predicted octanol–water partition coefficient (Wildman–Crippen LogP) is 5.13. The number of nitro groups is 1. The quantitative estimate of drug-likeness (QED) is 0.469. The smallest absolute Gasteiger partial charge is 0.270 e. The van der Waals surface area contributed by atoms with E-state index >= 15 is 0 Å². The Morgan fingerprint density at radius 3 is 2.80 bits per heavy atom. The van der Waals surface area contributed by atoms with E-state index in [0.29, 0.717) is 6.04 Å². The molecule has 0 amide bonds. The summed E-state index contributed by atoms with van der Waals surface area (Å²) < 4.78 is 0.767. The average molecular weight is 341 g/mol. The largest absolute Gasteiger partial charge is 0.381 e. The van der Waals surface area contributed by atoms with E-state index in [4.69, 9.17) is 0 Å². The number of non-ortho nitro benzene ring substituents is 1. The van der Waals surface area contributed by atoms with E-state index in [1.807, 2.05) is 0 Å². The van der Waals surface area contributed by atoms with Gasteiger partial charge < -0.3 is 5.32 Å². The van der Waals surface area contributed by atoms with Gasteiger partial charge in [0.2, 0.25) is 0 Å². The van der Waals surface area contributed by atoms with E-state index < -0.39 is 0 Å². The van der Waals surface area contributed by atoms with Crippen molar-refractivity contribution < 1.29 is 4.92 Å². The normalized spacial score (nSPS) is 23.1. The molecule has 20 heavy (non-hydrogen) atoms. The maximum absolute atomic E-state index is 10.7. The van der Waals surface area contributed by atoms with Gasteiger partial charge in [-0.1, -0.05) is 26.2 Å². The second-order valence-electron chi connectivity index (χ2n) is 5.55.